The molecule has 5 atom stereocenters. The monoisotopic (exact) mass is 371 g/mol. The lowest BCUT2D eigenvalue weighted by Crippen LogP contribution is -2.40. The first-order chi connectivity index (χ1) is 12.8. The van der Waals surface area contributed by atoms with E-state index in [1.165, 1.54) is 30.6 Å². The number of hydrogen-bond acceptors (Lipinski definition) is 5. The van der Waals surface area contributed by atoms with Crippen LogP contribution < -0.4 is 0 Å². The van der Waals surface area contributed by atoms with Crippen LogP contribution in [0.15, 0.2) is 42.9 Å². The van der Waals surface area contributed by atoms with Crippen LogP contribution in [0.4, 0.5) is 4.39 Å². The van der Waals surface area contributed by atoms with Crippen molar-refractivity contribution in [2.75, 3.05) is 0 Å². The van der Waals surface area contributed by atoms with Crippen molar-refractivity contribution in [3.05, 3.63) is 59.9 Å². The van der Waals surface area contributed by atoms with Gasteiger partial charge in [-0.05, 0) is 44.0 Å². The van der Waals surface area contributed by atoms with Gasteiger partial charge >= 0.3 is 0 Å². The van der Waals surface area contributed by atoms with Crippen molar-refractivity contribution >= 4 is 11.0 Å². The molecule has 1 aliphatic carbocycles. The second-order valence-corrected chi connectivity index (χ2v) is 7.46. The van der Waals surface area contributed by atoms with Gasteiger partial charge in [0, 0.05) is 17.5 Å². The normalized spacial score (nSPS) is 27.8. The minimum absolute atomic E-state index is 0.347. The molecule has 0 bridgehead atoms. The number of aryl methyl sites for hydroxylation is 1. The van der Waals surface area contributed by atoms with Crippen LogP contribution in [0.5, 0.6) is 0 Å². The number of aliphatic hydroxyl groups excluding tert-OH is 2. The minimum atomic E-state index is -1.42. The van der Waals surface area contributed by atoms with Gasteiger partial charge in [-0.25, -0.2) is 14.4 Å². The standard InChI is InChI=1S/C20H22FN3O3/c1-11-14-7-8-24(19(14)23-10-22-11)16-9-15(17(25)18(16)26)20(2,27)12-3-5-13(21)6-4-12/h3-8,10,15-18,25-27H,9H2,1-2H3/t15-,16+,17+,18-,20-/m0/s1. The van der Waals surface area contributed by atoms with Crippen molar-refractivity contribution in [1.82, 2.24) is 14.5 Å². The summed E-state index contributed by atoms with van der Waals surface area (Å²) in [6, 6.07) is 7.00. The van der Waals surface area contributed by atoms with E-state index in [2.05, 4.69) is 9.97 Å². The molecule has 2 aromatic heterocycles. The van der Waals surface area contributed by atoms with Crippen LogP contribution in [0.3, 0.4) is 0 Å². The SMILES string of the molecule is Cc1ncnc2c1ccn2[C@@H]1C[C@H]([C@@](C)(O)c2ccc(F)cc2)[C@@H](O)[C@H]1O. The first-order valence-electron chi connectivity index (χ1n) is 8.93. The van der Waals surface area contributed by atoms with Crippen LogP contribution >= 0.6 is 0 Å². The lowest BCUT2D eigenvalue weighted by molar-refractivity contribution is -0.0752. The molecule has 0 saturated heterocycles. The van der Waals surface area contributed by atoms with Crippen molar-refractivity contribution in [1.29, 1.82) is 0 Å². The highest BCUT2D eigenvalue weighted by molar-refractivity contribution is 5.78. The molecule has 0 spiro atoms. The highest BCUT2D eigenvalue weighted by Crippen LogP contribution is 2.45. The molecule has 7 heteroatoms. The smallest absolute Gasteiger partial charge is 0.143 e. The molecule has 0 unspecified atom stereocenters. The van der Waals surface area contributed by atoms with E-state index in [-0.39, 0.29) is 0 Å². The molecule has 1 aromatic carbocycles. The van der Waals surface area contributed by atoms with E-state index in [1.54, 1.807) is 6.92 Å². The third-order valence-corrected chi connectivity index (χ3v) is 5.87. The Bertz CT molecular complexity index is 970. The van der Waals surface area contributed by atoms with E-state index in [0.29, 0.717) is 17.6 Å². The molecule has 3 aromatic rings. The van der Waals surface area contributed by atoms with Gasteiger partial charge in [0.05, 0.1) is 23.4 Å². The number of aromatic nitrogens is 3. The van der Waals surface area contributed by atoms with E-state index in [0.717, 1.165) is 11.1 Å². The molecule has 1 fully saturated rings. The van der Waals surface area contributed by atoms with Gasteiger partial charge < -0.3 is 19.9 Å². The third-order valence-electron chi connectivity index (χ3n) is 5.87. The molecule has 4 rings (SSSR count). The van der Waals surface area contributed by atoms with Crippen molar-refractivity contribution in [2.45, 2.75) is 44.1 Å². The van der Waals surface area contributed by atoms with E-state index in [4.69, 9.17) is 0 Å². The predicted octanol–water partition coefficient (Wildman–Crippen LogP) is 2.07. The van der Waals surface area contributed by atoms with Gasteiger partial charge in [-0.15, -0.1) is 0 Å². The van der Waals surface area contributed by atoms with E-state index in [9.17, 15) is 19.7 Å². The molecule has 3 N–H and O–H groups in total. The summed E-state index contributed by atoms with van der Waals surface area (Å²) in [5, 5.41) is 33.4. The van der Waals surface area contributed by atoms with Crippen molar-refractivity contribution < 1.29 is 19.7 Å². The van der Waals surface area contributed by atoms with Crippen molar-refractivity contribution in [2.24, 2.45) is 5.92 Å². The Morgan fingerprint density at radius 3 is 2.52 bits per heavy atom. The molecule has 6 nitrogen and oxygen atoms in total. The van der Waals surface area contributed by atoms with E-state index in [1.807, 2.05) is 23.8 Å². The molecule has 0 radical (unpaired) electrons. The zero-order valence-corrected chi connectivity index (χ0v) is 15.1. The lowest BCUT2D eigenvalue weighted by Gasteiger charge is -2.33. The van der Waals surface area contributed by atoms with Gasteiger partial charge in [-0.1, -0.05) is 12.1 Å². The average molecular weight is 371 g/mol. The van der Waals surface area contributed by atoms with Crippen LogP contribution in [0.1, 0.15) is 30.6 Å². The zero-order chi connectivity index (χ0) is 19.3. The first kappa shape index (κ1) is 18.0. The lowest BCUT2D eigenvalue weighted by atomic mass is 9.80. The number of halogens is 1. The van der Waals surface area contributed by atoms with Gasteiger partial charge in [0.1, 0.15) is 23.9 Å². The van der Waals surface area contributed by atoms with Crippen LogP contribution in [0.25, 0.3) is 11.0 Å². The summed E-state index contributed by atoms with van der Waals surface area (Å²) in [4.78, 5) is 8.49. The molecule has 1 saturated carbocycles. The van der Waals surface area contributed by atoms with Crippen molar-refractivity contribution in [3.8, 4) is 0 Å². The highest BCUT2D eigenvalue weighted by Gasteiger charge is 2.50. The van der Waals surface area contributed by atoms with Crippen LogP contribution in [0, 0.1) is 18.7 Å². The summed E-state index contributed by atoms with van der Waals surface area (Å²) >= 11 is 0. The molecule has 27 heavy (non-hydrogen) atoms. The minimum Gasteiger partial charge on any atom is -0.390 e. The van der Waals surface area contributed by atoms with Crippen LogP contribution in [-0.2, 0) is 5.60 Å². The second-order valence-electron chi connectivity index (χ2n) is 7.46. The molecule has 2 heterocycles. The Morgan fingerprint density at radius 1 is 1.11 bits per heavy atom. The highest BCUT2D eigenvalue weighted by atomic mass is 19.1. The van der Waals surface area contributed by atoms with E-state index >= 15 is 0 Å². The maximum Gasteiger partial charge on any atom is 0.143 e. The van der Waals surface area contributed by atoms with Gasteiger partial charge in [-0.2, -0.15) is 0 Å². The number of aliphatic hydroxyl groups is 3. The molecule has 142 valence electrons. The summed E-state index contributed by atoms with van der Waals surface area (Å²) in [7, 11) is 0. The Morgan fingerprint density at radius 2 is 1.81 bits per heavy atom. The first-order valence-corrected chi connectivity index (χ1v) is 8.93. The second kappa shape index (κ2) is 6.37. The quantitative estimate of drug-likeness (QED) is 0.656. The van der Waals surface area contributed by atoms with Gasteiger partial charge in [0.15, 0.2) is 0 Å². The molecule has 1 aliphatic rings. The fourth-order valence-electron chi connectivity index (χ4n) is 4.21. The molecular weight excluding hydrogens is 349 g/mol. The van der Waals surface area contributed by atoms with Crippen LogP contribution in [-0.4, -0.2) is 42.1 Å². The summed E-state index contributed by atoms with van der Waals surface area (Å²) in [6.45, 7) is 3.47. The summed E-state index contributed by atoms with van der Waals surface area (Å²) in [5.41, 5.74) is 0.593. The number of hydrogen-bond donors (Lipinski definition) is 3. The predicted molar refractivity (Wildman–Crippen MR) is 97.4 cm³/mol. The number of benzene rings is 1. The van der Waals surface area contributed by atoms with Crippen molar-refractivity contribution in [3.63, 3.8) is 0 Å². The Kier molecular flexibility index (Phi) is 4.25. The Balaban J connectivity index is 1.70. The Labute approximate surface area is 155 Å². The summed E-state index contributed by atoms with van der Waals surface area (Å²) in [5.74, 6) is -1.02. The largest absolute Gasteiger partial charge is 0.390 e. The maximum absolute atomic E-state index is 13.2. The molecule has 0 amide bonds. The Hall–Kier alpha value is -2.35. The average Bonchev–Trinajstić information content (AvgIpc) is 3.19. The summed E-state index contributed by atoms with van der Waals surface area (Å²) in [6.07, 6.45) is 1.45. The number of rotatable bonds is 3. The van der Waals surface area contributed by atoms with E-state index < -0.39 is 35.6 Å². The number of nitrogens with zero attached hydrogens (tertiary/aromatic N) is 3. The van der Waals surface area contributed by atoms with Gasteiger partial charge in [-0.3, -0.25) is 0 Å². The molecule has 0 aliphatic heterocycles. The fraction of sp³-hybridized carbons (Fsp3) is 0.400. The summed E-state index contributed by atoms with van der Waals surface area (Å²) < 4.78 is 15.1. The third kappa shape index (κ3) is 2.82. The van der Waals surface area contributed by atoms with Crippen LogP contribution in [0.2, 0.25) is 0 Å². The maximum atomic E-state index is 13.2. The molecular formula is C20H22FN3O3. The number of fused-ring (bicyclic) bond motifs is 1. The topological polar surface area (TPSA) is 91.4 Å². The zero-order valence-electron chi connectivity index (χ0n) is 15.1. The van der Waals surface area contributed by atoms with Gasteiger partial charge in [0.2, 0.25) is 0 Å². The van der Waals surface area contributed by atoms with Gasteiger partial charge in [0.25, 0.3) is 0 Å². The fourth-order valence-corrected chi connectivity index (χ4v) is 4.21.